The van der Waals surface area contributed by atoms with E-state index in [9.17, 15) is 24.0 Å². The summed E-state index contributed by atoms with van der Waals surface area (Å²) in [6.45, 7) is 23.4. The summed E-state index contributed by atoms with van der Waals surface area (Å²) in [6, 6.07) is 6.43. The summed E-state index contributed by atoms with van der Waals surface area (Å²) < 4.78 is 17.3. The maximum atomic E-state index is 14.4. The molecule has 1 aliphatic rings. The molecule has 0 unspecified atom stereocenters. The van der Waals surface area contributed by atoms with Crippen molar-refractivity contribution < 1.29 is 38.2 Å². The smallest absolute Gasteiger partial charge is 0.334 e. The van der Waals surface area contributed by atoms with E-state index in [1.54, 1.807) is 37.8 Å². The van der Waals surface area contributed by atoms with Crippen molar-refractivity contribution >= 4 is 29.6 Å². The Morgan fingerprint density at radius 3 is 2.02 bits per heavy atom. The quantitative estimate of drug-likeness (QED) is 0.112. The second kappa shape index (κ2) is 23.7. The van der Waals surface area contributed by atoms with Gasteiger partial charge in [0.25, 0.3) is 0 Å². The topological polar surface area (TPSA) is 147 Å². The number of carbonyl (C=O) groups is 5. The molecular weight excluding hydrogens is 739 g/mol. The van der Waals surface area contributed by atoms with Crippen LogP contribution >= 0.6 is 0 Å². The van der Waals surface area contributed by atoms with Gasteiger partial charge in [0.05, 0.1) is 48.4 Å². The van der Waals surface area contributed by atoms with Gasteiger partial charge in [-0.3, -0.25) is 24.1 Å². The number of ether oxygens (including phenoxy) is 3. The predicted octanol–water partition coefficient (Wildman–Crippen LogP) is 5.22. The summed E-state index contributed by atoms with van der Waals surface area (Å²) in [5, 5.41) is 5.96. The van der Waals surface area contributed by atoms with Gasteiger partial charge in [-0.05, 0) is 64.0 Å². The van der Waals surface area contributed by atoms with Gasteiger partial charge in [0.1, 0.15) is 12.1 Å². The van der Waals surface area contributed by atoms with Crippen LogP contribution in [0.15, 0.2) is 42.7 Å². The highest BCUT2D eigenvalue weighted by Gasteiger charge is 2.43. The molecule has 0 aromatic heterocycles. The Balaban J connectivity index is 2.32. The van der Waals surface area contributed by atoms with Crippen LogP contribution in [0, 0.1) is 23.7 Å². The molecule has 1 fully saturated rings. The number of rotatable bonds is 23. The van der Waals surface area contributed by atoms with Crippen molar-refractivity contribution in [1.82, 2.24) is 25.3 Å². The highest BCUT2D eigenvalue weighted by Crippen LogP contribution is 2.30. The fourth-order valence-corrected chi connectivity index (χ4v) is 8.15. The van der Waals surface area contributed by atoms with Gasteiger partial charge in [-0.2, -0.15) is 0 Å². The molecule has 0 aliphatic carbocycles. The molecule has 328 valence electrons. The molecule has 13 heteroatoms. The Morgan fingerprint density at radius 1 is 0.897 bits per heavy atom. The second-order valence-corrected chi connectivity index (χ2v) is 17.1. The van der Waals surface area contributed by atoms with E-state index in [1.165, 1.54) is 7.11 Å². The van der Waals surface area contributed by atoms with Gasteiger partial charge in [-0.1, -0.05) is 91.8 Å². The van der Waals surface area contributed by atoms with Crippen molar-refractivity contribution in [3.63, 3.8) is 0 Å². The number of esters is 1. The normalized spacial score (nSPS) is 18.6. The number of nitrogens with zero attached hydrogens (tertiary/aromatic N) is 3. The van der Waals surface area contributed by atoms with E-state index in [0.29, 0.717) is 13.0 Å². The van der Waals surface area contributed by atoms with Gasteiger partial charge in [0.2, 0.25) is 23.6 Å². The Labute approximate surface area is 348 Å². The number of hydrogen-bond acceptors (Lipinski definition) is 9. The number of nitrogens with one attached hydrogen (secondary N) is 2. The lowest BCUT2D eigenvalue weighted by Gasteiger charge is -2.41. The van der Waals surface area contributed by atoms with Gasteiger partial charge in [0, 0.05) is 40.3 Å². The van der Waals surface area contributed by atoms with E-state index in [4.69, 9.17) is 14.2 Å². The molecule has 9 atom stereocenters. The van der Waals surface area contributed by atoms with Crippen molar-refractivity contribution in [3.05, 3.63) is 48.2 Å². The van der Waals surface area contributed by atoms with Gasteiger partial charge in [-0.15, -0.1) is 0 Å². The number of likely N-dealkylation sites (tertiary alicyclic amines) is 1. The molecule has 58 heavy (non-hydrogen) atoms. The summed E-state index contributed by atoms with van der Waals surface area (Å²) in [6.07, 6.45) is 0.956. The fraction of sp³-hybridized carbons (Fsp3) is 0.711. The zero-order valence-electron chi connectivity index (χ0n) is 37.9. The Hall–Kier alpha value is -3.81. The lowest BCUT2D eigenvalue weighted by Crippen LogP contribution is -2.60. The third kappa shape index (κ3) is 13.6. The first kappa shape index (κ1) is 50.3. The van der Waals surface area contributed by atoms with Crippen LogP contribution in [0.1, 0.15) is 100 Å². The Bertz CT molecular complexity index is 1500. The van der Waals surface area contributed by atoms with Crippen LogP contribution in [0.3, 0.4) is 0 Å². The van der Waals surface area contributed by atoms with E-state index in [1.807, 2.05) is 97.7 Å². The minimum atomic E-state index is -0.964. The number of benzene rings is 1. The standard InChI is InChI=1S/C45H75N5O8/c1-16-31(10)40(49(13)44(54)38(27(2)3)47-43(53)39(28(4)5)48(12)29(6)7)36(56-14)26-37(51)50-24-20-23-35(50)41(57-15)32(11)42(52)46-34(45(55)58-30(8)9)25-33-21-18-17-19-22-33/h17-19,21-22,27-29,31-32,34-36,38-41H,8,16,20,23-26H2,1-7,9-15H3,(H,46,52)(H,47,53)/t31-,32+,34-,35-,36+,38-,39-,40-,41+/m0/s1. The van der Waals surface area contributed by atoms with E-state index >= 15 is 0 Å². The molecule has 0 spiro atoms. The first-order chi connectivity index (χ1) is 27.2. The minimum absolute atomic E-state index is 0.00412. The molecule has 1 aliphatic heterocycles. The molecular formula is C45H75N5O8. The van der Waals surface area contributed by atoms with Crippen molar-refractivity contribution in [2.75, 3.05) is 34.9 Å². The van der Waals surface area contributed by atoms with Gasteiger partial charge >= 0.3 is 5.97 Å². The summed E-state index contributed by atoms with van der Waals surface area (Å²) in [4.78, 5) is 74.8. The van der Waals surface area contributed by atoms with Gasteiger partial charge < -0.3 is 34.6 Å². The molecule has 1 heterocycles. The first-order valence-corrected chi connectivity index (χ1v) is 21.1. The number of amides is 4. The largest absolute Gasteiger partial charge is 0.430 e. The minimum Gasteiger partial charge on any atom is -0.430 e. The number of hydrogen-bond donors (Lipinski definition) is 2. The number of carbonyl (C=O) groups excluding carboxylic acids is 5. The first-order valence-electron chi connectivity index (χ1n) is 21.1. The van der Waals surface area contributed by atoms with Gasteiger partial charge in [-0.25, -0.2) is 4.79 Å². The highest BCUT2D eigenvalue weighted by atomic mass is 16.5. The molecule has 0 bridgehead atoms. The lowest BCUT2D eigenvalue weighted by molar-refractivity contribution is -0.148. The summed E-state index contributed by atoms with van der Waals surface area (Å²) in [7, 11) is 6.74. The van der Waals surface area contributed by atoms with E-state index in [-0.39, 0.29) is 60.1 Å². The third-order valence-corrected chi connectivity index (χ3v) is 11.8. The van der Waals surface area contributed by atoms with Crippen molar-refractivity contribution in [2.45, 2.75) is 150 Å². The van der Waals surface area contributed by atoms with Crippen LogP contribution in [-0.2, 0) is 44.6 Å². The van der Waals surface area contributed by atoms with Crippen LogP contribution in [-0.4, -0.2) is 128 Å². The summed E-state index contributed by atoms with van der Waals surface area (Å²) in [5.41, 5.74) is 0.851. The molecule has 13 nitrogen and oxygen atoms in total. The van der Waals surface area contributed by atoms with Crippen LogP contribution in [0.2, 0.25) is 0 Å². The van der Waals surface area contributed by atoms with Crippen molar-refractivity contribution in [2.24, 2.45) is 23.7 Å². The highest BCUT2D eigenvalue weighted by molar-refractivity contribution is 5.90. The van der Waals surface area contributed by atoms with E-state index in [0.717, 1.165) is 18.4 Å². The fourth-order valence-electron chi connectivity index (χ4n) is 8.15. The Morgan fingerprint density at radius 2 is 1.52 bits per heavy atom. The van der Waals surface area contributed by atoms with E-state index < -0.39 is 60.2 Å². The maximum Gasteiger partial charge on any atom is 0.334 e. The zero-order valence-corrected chi connectivity index (χ0v) is 37.9. The number of methoxy groups -OCH3 is 2. The molecule has 1 aromatic carbocycles. The zero-order chi connectivity index (χ0) is 44.0. The average molecular weight is 814 g/mol. The monoisotopic (exact) mass is 814 g/mol. The lowest BCUT2D eigenvalue weighted by atomic mass is 9.89. The molecule has 0 saturated carbocycles. The molecule has 1 saturated heterocycles. The Kier molecular flexibility index (Phi) is 20.6. The average Bonchev–Trinajstić information content (AvgIpc) is 3.65. The van der Waals surface area contributed by atoms with Crippen LogP contribution < -0.4 is 10.6 Å². The summed E-state index contributed by atoms with van der Waals surface area (Å²) >= 11 is 0. The van der Waals surface area contributed by atoms with Crippen LogP contribution in [0.4, 0.5) is 0 Å². The van der Waals surface area contributed by atoms with E-state index in [2.05, 4.69) is 17.2 Å². The third-order valence-electron chi connectivity index (χ3n) is 11.8. The summed E-state index contributed by atoms with van der Waals surface area (Å²) in [5.74, 6) is -2.35. The number of likely N-dealkylation sites (N-methyl/N-ethyl adjacent to an activating group) is 2. The molecule has 2 rings (SSSR count). The maximum absolute atomic E-state index is 14.4. The van der Waals surface area contributed by atoms with Crippen LogP contribution in [0.25, 0.3) is 0 Å². The molecule has 2 N–H and O–H groups in total. The molecule has 0 radical (unpaired) electrons. The predicted molar refractivity (Wildman–Crippen MR) is 227 cm³/mol. The van der Waals surface area contributed by atoms with Crippen molar-refractivity contribution in [1.29, 1.82) is 0 Å². The second-order valence-electron chi connectivity index (χ2n) is 17.1. The number of allylic oxidation sites excluding steroid dienone is 1. The molecule has 4 amide bonds. The molecule has 1 aromatic rings. The van der Waals surface area contributed by atoms with Crippen molar-refractivity contribution in [3.8, 4) is 0 Å². The van der Waals surface area contributed by atoms with Gasteiger partial charge in [0.15, 0.2) is 0 Å². The SMILES string of the molecule is C=C(C)OC(=O)[C@H](Cc1ccccc1)NC(=O)[C@H](C)[C@@H](OC)[C@@H]1CCCN1C(=O)C[C@@H](OC)[C@H]([C@@H](C)CC)N(C)C(=O)[C@@H](NC(=O)[C@H](C(C)C)N(C)C(C)C)C(C)C. The van der Waals surface area contributed by atoms with Crippen LogP contribution in [0.5, 0.6) is 0 Å².